The van der Waals surface area contributed by atoms with E-state index in [9.17, 15) is 14.9 Å². The van der Waals surface area contributed by atoms with Crippen LogP contribution in [0.4, 0.5) is 11.4 Å². The maximum atomic E-state index is 12.1. The van der Waals surface area contributed by atoms with Crippen molar-refractivity contribution in [2.24, 2.45) is 0 Å². The average Bonchev–Trinajstić information content (AvgIpc) is 2.99. The first-order chi connectivity index (χ1) is 12.9. The molecule has 0 saturated carbocycles. The van der Waals surface area contributed by atoms with Crippen molar-refractivity contribution < 1.29 is 9.72 Å². The van der Waals surface area contributed by atoms with Crippen LogP contribution in [0.3, 0.4) is 0 Å². The van der Waals surface area contributed by atoms with Crippen LogP contribution in [0, 0.1) is 24.0 Å². The zero-order valence-corrected chi connectivity index (χ0v) is 15.2. The molecule has 0 unspecified atom stereocenters. The molecule has 1 amide bonds. The van der Waals surface area contributed by atoms with E-state index in [-0.39, 0.29) is 11.6 Å². The van der Waals surface area contributed by atoms with Crippen molar-refractivity contribution >= 4 is 17.3 Å². The van der Waals surface area contributed by atoms with Gasteiger partial charge >= 0.3 is 0 Å². The van der Waals surface area contributed by atoms with Crippen LogP contribution in [0.15, 0.2) is 54.6 Å². The number of rotatable bonds is 6. The number of hydrogen-bond donors (Lipinski definition) is 1. The molecule has 1 N–H and O–H groups in total. The lowest BCUT2D eigenvalue weighted by Crippen LogP contribution is -2.12. The average molecular weight is 364 g/mol. The molecule has 3 rings (SSSR count). The highest BCUT2D eigenvalue weighted by Crippen LogP contribution is 2.18. The highest BCUT2D eigenvalue weighted by Gasteiger charge is 2.09. The first kappa shape index (κ1) is 18.3. The number of carbonyl (C=O) groups is 1. The van der Waals surface area contributed by atoms with Crippen molar-refractivity contribution in [1.82, 2.24) is 9.78 Å². The van der Waals surface area contributed by atoms with Crippen LogP contribution in [-0.2, 0) is 11.2 Å². The summed E-state index contributed by atoms with van der Waals surface area (Å²) in [5.41, 5.74) is 4.42. The Bertz CT molecular complexity index is 977. The van der Waals surface area contributed by atoms with Crippen LogP contribution in [-0.4, -0.2) is 20.6 Å². The summed E-state index contributed by atoms with van der Waals surface area (Å²) in [6, 6.07) is 15.9. The largest absolute Gasteiger partial charge is 0.326 e. The third-order valence-electron chi connectivity index (χ3n) is 4.17. The molecule has 0 atom stereocenters. The van der Waals surface area contributed by atoms with Gasteiger partial charge in [-0.25, -0.2) is 4.68 Å². The highest BCUT2D eigenvalue weighted by molar-refractivity contribution is 5.91. The van der Waals surface area contributed by atoms with Crippen molar-refractivity contribution in [3.63, 3.8) is 0 Å². The zero-order chi connectivity index (χ0) is 19.4. The van der Waals surface area contributed by atoms with Crippen molar-refractivity contribution in [3.8, 4) is 5.69 Å². The number of aryl methyl sites for hydroxylation is 3. The quantitative estimate of drug-likeness (QED) is 0.529. The summed E-state index contributed by atoms with van der Waals surface area (Å²) in [5, 5.41) is 17.9. The van der Waals surface area contributed by atoms with E-state index in [2.05, 4.69) is 10.4 Å². The van der Waals surface area contributed by atoms with E-state index in [0.717, 1.165) is 22.6 Å². The smallest absolute Gasteiger partial charge is 0.271 e. The Kier molecular flexibility index (Phi) is 5.30. The molecule has 0 spiro atoms. The fourth-order valence-electron chi connectivity index (χ4n) is 2.87. The standard InChI is InChI=1S/C20H20N4O3/c1-14-12-15(2)23(22-14)18-9-6-16(7-10-18)8-11-20(25)21-17-4-3-5-19(13-17)24(26)27/h3-7,9-10,12-13H,8,11H2,1-2H3,(H,21,25). The summed E-state index contributed by atoms with van der Waals surface area (Å²) in [7, 11) is 0. The normalized spacial score (nSPS) is 10.6. The first-order valence-corrected chi connectivity index (χ1v) is 8.59. The number of amides is 1. The Labute approximate surface area is 156 Å². The van der Waals surface area contributed by atoms with Crippen LogP contribution in [0.2, 0.25) is 0 Å². The maximum Gasteiger partial charge on any atom is 0.271 e. The van der Waals surface area contributed by atoms with Gasteiger partial charge in [0.25, 0.3) is 5.69 Å². The van der Waals surface area contributed by atoms with Gasteiger partial charge in [0.15, 0.2) is 0 Å². The van der Waals surface area contributed by atoms with Crippen molar-refractivity contribution in [1.29, 1.82) is 0 Å². The summed E-state index contributed by atoms with van der Waals surface area (Å²) in [6.45, 7) is 3.96. The third-order valence-corrected chi connectivity index (χ3v) is 4.17. The third kappa shape index (κ3) is 4.58. The monoisotopic (exact) mass is 364 g/mol. The Balaban J connectivity index is 1.58. The fourth-order valence-corrected chi connectivity index (χ4v) is 2.87. The minimum Gasteiger partial charge on any atom is -0.326 e. The lowest BCUT2D eigenvalue weighted by Gasteiger charge is -2.07. The molecular formula is C20H20N4O3. The number of nitrogens with one attached hydrogen (secondary N) is 1. The van der Waals surface area contributed by atoms with E-state index >= 15 is 0 Å². The molecule has 1 heterocycles. The summed E-state index contributed by atoms with van der Waals surface area (Å²) < 4.78 is 1.88. The Morgan fingerprint density at radius 3 is 2.52 bits per heavy atom. The number of carbonyl (C=O) groups excluding carboxylic acids is 1. The first-order valence-electron chi connectivity index (χ1n) is 8.59. The summed E-state index contributed by atoms with van der Waals surface area (Å²) in [6.07, 6.45) is 0.875. The molecule has 0 saturated heterocycles. The van der Waals surface area contributed by atoms with E-state index in [1.807, 2.05) is 48.9 Å². The molecule has 0 bridgehead atoms. The summed E-state index contributed by atoms with van der Waals surface area (Å²) >= 11 is 0. The van der Waals surface area contributed by atoms with Crippen LogP contribution in [0.5, 0.6) is 0 Å². The number of nitrogens with zero attached hydrogens (tertiary/aromatic N) is 3. The minimum atomic E-state index is -0.486. The summed E-state index contributed by atoms with van der Waals surface area (Å²) in [5.74, 6) is -0.182. The number of aromatic nitrogens is 2. The lowest BCUT2D eigenvalue weighted by atomic mass is 10.1. The van der Waals surface area contributed by atoms with E-state index in [1.165, 1.54) is 12.1 Å². The molecule has 27 heavy (non-hydrogen) atoms. The molecule has 0 fully saturated rings. The van der Waals surface area contributed by atoms with Gasteiger partial charge in [-0.15, -0.1) is 0 Å². The van der Waals surface area contributed by atoms with Gasteiger partial charge in [0.05, 0.1) is 16.3 Å². The number of nitro groups is 1. The molecule has 1 aromatic heterocycles. The zero-order valence-electron chi connectivity index (χ0n) is 15.2. The van der Waals surface area contributed by atoms with Gasteiger partial charge in [-0.2, -0.15) is 5.10 Å². The van der Waals surface area contributed by atoms with E-state index in [0.29, 0.717) is 18.5 Å². The van der Waals surface area contributed by atoms with Gasteiger partial charge in [0.1, 0.15) is 0 Å². The molecule has 0 radical (unpaired) electrons. The molecule has 0 aliphatic rings. The molecular weight excluding hydrogens is 344 g/mol. The van der Waals surface area contributed by atoms with E-state index in [1.54, 1.807) is 12.1 Å². The molecule has 138 valence electrons. The number of benzene rings is 2. The van der Waals surface area contributed by atoms with E-state index in [4.69, 9.17) is 0 Å². The van der Waals surface area contributed by atoms with Gasteiger partial charge in [0.2, 0.25) is 5.91 Å². The Morgan fingerprint density at radius 2 is 1.89 bits per heavy atom. The molecule has 0 aliphatic carbocycles. The minimum absolute atomic E-state index is 0.0486. The van der Waals surface area contributed by atoms with Crippen LogP contribution >= 0.6 is 0 Å². The molecule has 7 nitrogen and oxygen atoms in total. The molecule has 0 aliphatic heterocycles. The van der Waals surface area contributed by atoms with Crippen LogP contribution in [0.1, 0.15) is 23.4 Å². The van der Waals surface area contributed by atoms with Crippen LogP contribution < -0.4 is 5.32 Å². The number of nitro benzene ring substituents is 1. The maximum absolute atomic E-state index is 12.1. The van der Waals surface area contributed by atoms with Gasteiger partial charge in [-0.3, -0.25) is 14.9 Å². The molecule has 2 aromatic carbocycles. The second-order valence-corrected chi connectivity index (χ2v) is 6.36. The summed E-state index contributed by atoms with van der Waals surface area (Å²) in [4.78, 5) is 22.4. The highest BCUT2D eigenvalue weighted by atomic mass is 16.6. The predicted octanol–water partition coefficient (Wildman–Crippen LogP) is 3.97. The second-order valence-electron chi connectivity index (χ2n) is 6.36. The second kappa shape index (κ2) is 7.82. The Hall–Kier alpha value is -3.48. The SMILES string of the molecule is Cc1cc(C)n(-c2ccc(CCC(=O)Nc3cccc([N+](=O)[O-])c3)cc2)n1. The number of hydrogen-bond acceptors (Lipinski definition) is 4. The van der Waals surface area contributed by atoms with Gasteiger partial charge in [0, 0.05) is 29.9 Å². The predicted molar refractivity (Wildman–Crippen MR) is 103 cm³/mol. The van der Waals surface area contributed by atoms with Crippen molar-refractivity contribution in [2.75, 3.05) is 5.32 Å². The van der Waals surface area contributed by atoms with Crippen LogP contribution in [0.25, 0.3) is 5.69 Å². The van der Waals surface area contributed by atoms with Gasteiger partial charge in [-0.05, 0) is 50.1 Å². The number of anilines is 1. The number of non-ortho nitro benzene ring substituents is 1. The fraction of sp³-hybridized carbons (Fsp3) is 0.200. The lowest BCUT2D eigenvalue weighted by molar-refractivity contribution is -0.384. The van der Waals surface area contributed by atoms with Gasteiger partial charge in [-0.1, -0.05) is 18.2 Å². The van der Waals surface area contributed by atoms with Gasteiger partial charge < -0.3 is 5.32 Å². The van der Waals surface area contributed by atoms with Crippen molar-refractivity contribution in [3.05, 3.63) is 81.7 Å². The molecule has 3 aromatic rings. The topological polar surface area (TPSA) is 90.1 Å². The Morgan fingerprint density at radius 1 is 1.15 bits per heavy atom. The molecule has 7 heteroatoms. The van der Waals surface area contributed by atoms with Crippen molar-refractivity contribution in [2.45, 2.75) is 26.7 Å². The van der Waals surface area contributed by atoms with E-state index < -0.39 is 4.92 Å².